The van der Waals surface area contributed by atoms with Crippen LogP contribution >= 0.6 is 0 Å². The van der Waals surface area contributed by atoms with Crippen molar-refractivity contribution in [2.75, 3.05) is 18.5 Å². The quantitative estimate of drug-likeness (QED) is 0.891. The minimum Gasteiger partial charge on any atom is -0.486 e. The molecule has 0 saturated carbocycles. The number of anilines is 1. The first-order valence-corrected chi connectivity index (χ1v) is 5.81. The van der Waals surface area contributed by atoms with Crippen LogP contribution in [0.15, 0.2) is 36.7 Å². The second-order valence-electron chi connectivity index (χ2n) is 3.90. The standard InChI is InChI=1S/C13H13N3O2/c1-4-14-13(15-5-1)16-9-10-2-3-11-12(8-10)18-7-6-17-11/h1-5,8H,6-7,9H2,(H,14,15,16). The van der Waals surface area contributed by atoms with Gasteiger partial charge in [0.1, 0.15) is 13.2 Å². The van der Waals surface area contributed by atoms with Crippen molar-refractivity contribution in [3.8, 4) is 11.5 Å². The van der Waals surface area contributed by atoms with Gasteiger partial charge in [-0.25, -0.2) is 9.97 Å². The van der Waals surface area contributed by atoms with Gasteiger partial charge in [-0.1, -0.05) is 6.07 Å². The maximum atomic E-state index is 5.53. The SMILES string of the molecule is c1cnc(NCc2ccc3c(c2)OCCO3)nc1. The van der Waals surface area contributed by atoms with E-state index in [-0.39, 0.29) is 0 Å². The molecule has 1 aliphatic rings. The van der Waals surface area contributed by atoms with Crippen molar-refractivity contribution in [1.82, 2.24) is 9.97 Å². The van der Waals surface area contributed by atoms with Crippen LogP contribution in [0.4, 0.5) is 5.95 Å². The number of ether oxygens (including phenoxy) is 2. The second kappa shape index (κ2) is 4.91. The Kier molecular flexibility index (Phi) is 2.96. The van der Waals surface area contributed by atoms with Gasteiger partial charge in [0.15, 0.2) is 11.5 Å². The van der Waals surface area contributed by atoms with Crippen molar-refractivity contribution >= 4 is 5.95 Å². The number of aromatic nitrogens is 2. The van der Waals surface area contributed by atoms with Gasteiger partial charge in [0.25, 0.3) is 0 Å². The summed E-state index contributed by atoms with van der Waals surface area (Å²) >= 11 is 0. The van der Waals surface area contributed by atoms with Gasteiger partial charge < -0.3 is 14.8 Å². The first-order chi connectivity index (χ1) is 8.92. The monoisotopic (exact) mass is 243 g/mol. The third-order valence-corrected chi connectivity index (χ3v) is 2.62. The normalized spacial score (nSPS) is 13.1. The van der Waals surface area contributed by atoms with E-state index < -0.39 is 0 Å². The maximum Gasteiger partial charge on any atom is 0.222 e. The van der Waals surface area contributed by atoms with Crippen molar-refractivity contribution in [3.63, 3.8) is 0 Å². The first-order valence-electron chi connectivity index (χ1n) is 5.81. The first kappa shape index (κ1) is 10.8. The molecule has 0 amide bonds. The largest absolute Gasteiger partial charge is 0.486 e. The molecular formula is C13H13N3O2. The van der Waals surface area contributed by atoms with Gasteiger partial charge in [0.2, 0.25) is 5.95 Å². The van der Waals surface area contributed by atoms with Gasteiger partial charge in [-0.05, 0) is 23.8 Å². The molecule has 5 heteroatoms. The molecule has 92 valence electrons. The molecule has 0 spiro atoms. The van der Waals surface area contributed by atoms with E-state index in [0.29, 0.717) is 25.7 Å². The third kappa shape index (κ3) is 2.34. The van der Waals surface area contributed by atoms with Crippen LogP contribution in [0.1, 0.15) is 5.56 Å². The molecule has 18 heavy (non-hydrogen) atoms. The Labute approximate surface area is 105 Å². The second-order valence-corrected chi connectivity index (χ2v) is 3.90. The molecule has 0 aliphatic carbocycles. The van der Waals surface area contributed by atoms with E-state index >= 15 is 0 Å². The minimum absolute atomic E-state index is 0.603. The van der Waals surface area contributed by atoms with Crippen molar-refractivity contribution in [1.29, 1.82) is 0 Å². The zero-order valence-electron chi connectivity index (χ0n) is 9.80. The van der Waals surface area contributed by atoms with E-state index in [0.717, 1.165) is 17.1 Å². The lowest BCUT2D eigenvalue weighted by atomic mass is 10.2. The summed E-state index contributed by atoms with van der Waals surface area (Å²) in [6, 6.07) is 7.69. The predicted molar refractivity (Wildman–Crippen MR) is 66.8 cm³/mol. The molecule has 0 unspecified atom stereocenters. The summed E-state index contributed by atoms with van der Waals surface area (Å²) in [6.07, 6.45) is 3.41. The number of hydrogen-bond acceptors (Lipinski definition) is 5. The zero-order chi connectivity index (χ0) is 12.2. The number of fused-ring (bicyclic) bond motifs is 1. The Balaban J connectivity index is 1.70. The molecule has 1 aromatic heterocycles. The smallest absolute Gasteiger partial charge is 0.222 e. The van der Waals surface area contributed by atoms with Crippen LogP contribution < -0.4 is 14.8 Å². The molecule has 1 N–H and O–H groups in total. The Morgan fingerprint density at radius 3 is 2.67 bits per heavy atom. The van der Waals surface area contributed by atoms with Crippen LogP contribution in [-0.4, -0.2) is 23.2 Å². The number of nitrogens with one attached hydrogen (secondary N) is 1. The highest BCUT2D eigenvalue weighted by Gasteiger charge is 2.11. The lowest BCUT2D eigenvalue weighted by Crippen LogP contribution is -2.15. The fourth-order valence-electron chi connectivity index (χ4n) is 1.77. The highest BCUT2D eigenvalue weighted by molar-refractivity contribution is 5.44. The summed E-state index contributed by atoms with van der Waals surface area (Å²) in [5, 5.41) is 3.15. The zero-order valence-corrected chi connectivity index (χ0v) is 9.80. The van der Waals surface area contributed by atoms with Gasteiger partial charge in [-0.3, -0.25) is 0 Å². The minimum atomic E-state index is 0.603. The third-order valence-electron chi connectivity index (χ3n) is 2.62. The molecule has 0 fully saturated rings. The molecule has 1 aliphatic heterocycles. The molecule has 5 nitrogen and oxygen atoms in total. The van der Waals surface area contributed by atoms with Crippen LogP contribution in [0.3, 0.4) is 0 Å². The molecule has 0 saturated heterocycles. The van der Waals surface area contributed by atoms with E-state index in [4.69, 9.17) is 9.47 Å². The number of rotatable bonds is 3. The Bertz CT molecular complexity index is 531. The molecule has 2 heterocycles. The molecule has 0 bridgehead atoms. The molecule has 1 aromatic carbocycles. The van der Waals surface area contributed by atoms with Crippen molar-refractivity contribution < 1.29 is 9.47 Å². The van der Waals surface area contributed by atoms with Gasteiger partial charge in [0.05, 0.1) is 0 Å². The number of benzene rings is 1. The van der Waals surface area contributed by atoms with E-state index in [2.05, 4.69) is 15.3 Å². The molecular weight excluding hydrogens is 230 g/mol. The average molecular weight is 243 g/mol. The summed E-state index contributed by atoms with van der Waals surface area (Å²) < 4.78 is 11.0. The summed E-state index contributed by atoms with van der Waals surface area (Å²) in [5.41, 5.74) is 1.10. The average Bonchev–Trinajstić information content (AvgIpc) is 2.46. The summed E-state index contributed by atoms with van der Waals surface area (Å²) in [4.78, 5) is 8.21. The Morgan fingerprint density at radius 2 is 1.83 bits per heavy atom. The van der Waals surface area contributed by atoms with E-state index in [9.17, 15) is 0 Å². The number of nitrogens with zero attached hydrogens (tertiary/aromatic N) is 2. The topological polar surface area (TPSA) is 56.3 Å². The fraction of sp³-hybridized carbons (Fsp3) is 0.231. The molecule has 0 atom stereocenters. The lowest BCUT2D eigenvalue weighted by molar-refractivity contribution is 0.171. The van der Waals surface area contributed by atoms with Gasteiger partial charge >= 0.3 is 0 Å². The van der Waals surface area contributed by atoms with Crippen molar-refractivity contribution in [2.45, 2.75) is 6.54 Å². The highest BCUT2D eigenvalue weighted by Crippen LogP contribution is 2.30. The van der Waals surface area contributed by atoms with Crippen molar-refractivity contribution in [3.05, 3.63) is 42.2 Å². The molecule has 3 rings (SSSR count). The van der Waals surface area contributed by atoms with E-state index in [1.165, 1.54) is 0 Å². The van der Waals surface area contributed by atoms with E-state index in [1.807, 2.05) is 18.2 Å². The summed E-state index contributed by atoms with van der Waals surface area (Å²) in [5.74, 6) is 2.22. The maximum absolute atomic E-state index is 5.53. The van der Waals surface area contributed by atoms with Gasteiger partial charge in [-0.15, -0.1) is 0 Å². The Hall–Kier alpha value is -2.30. The van der Waals surface area contributed by atoms with Crippen LogP contribution in [0.2, 0.25) is 0 Å². The predicted octanol–water partition coefficient (Wildman–Crippen LogP) is 1.86. The Morgan fingerprint density at radius 1 is 1.06 bits per heavy atom. The molecule has 0 radical (unpaired) electrons. The van der Waals surface area contributed by atoms with Crippen LogP contribution in [0.25, 0.3) is 0 Å². The van der Waals surface area contributed by atoms with Gasteiger partial charge in [-0.2, -0.15) is 0 Å². The van der Waals surface area contributed by atoms with Crippen LogP contribution in [-0.2, 0) is 6.54 Å². The highest BCUT2D eigenvalue weighted by atomic mass is 16.6. The fourth-order valence-corrected chi connectivity index (χ4v) is 1.77. The number of hydrogen-bond donors (Lipinski definition) is 1. The van der Waals surface area contributed by atoms with Gasteiger partial charge in [0, 0.05) is 18.9 Å². The lowest BCUT2D eigenvalue weighted by Gasteiger charge is -2.18. The van der Waals surface area contributed by atoms with E-state index in [1.54, 1.807) is 18.5 Å². The van der Waals surface area contributed by atoms with Crippen LogP contribution in [0, 0.1) is 0 Å². The van der Waals surface area contributed by atoms with Crippen LogP contribution in [0.5, 0.6) is 11.5 Å². The van der Waals surface area contributed by atoms with Crippen molar-refractivity contribution in [2.24, 2.45) is 0 Å². The summed E-state index contributed by atoms with van der Waals surface area (Å²) in [6.45, 7) is 1.87. The molecule has 2 aromatic rings. The summed E-state index contributed by atoms with van der Waals surface area (Å²) in [7, 11) is 0.